The summed E-state index contributed by atoms with van der Waals surface area (Å²) >= 11 is 6.17. The molecule has 1 aromatic rings. The van der Waals surface area contributed by atoms with Crippen LogP contribution in [0.3, 0.4) is 0 Å². The molecule has 1 N–H and O–H groups in total. The van der Waals surface area contributed by atoms with Crippen molar-refractivity contribution in [2.75, 3.05) is 19.0 Å². The topological polar surface area (TPSA) is 47.6 Å². The molecule has 1 unspecified atom stereocenters. The zero-order valence-electron chi connectivity index (χ0n) is 13.3. The van der Waals surface area contributed by atoms with Crippen molar-refractivity contribution in [2.24, 2.45) is 0 Å². The number of anilines is 1. The predicted molar refractivity (Wildman–Crippen MR) is 85.8 cm³/mol. The summed E-state index contributed by atoms with van der Waals surface area (Å²) in [5, 5.41) is 3.77. The minimum Gasteiger partial charge on any atom is -0.464 e. The van der Waals surface area contributed by atoms with Gasteiger partial charge in [-0.1, -0.05) is 23.7 Å². The number of esters is 1. The number of carbonyl (C=O) groups excluding carboxylic acids is 1. The summed E-state index contributed by atoms with van der Waals surface area (Å²) in [6.45, 7) is 7.77. The molecule has 0 heterocycles. The van der Waals surface area contributed by atoms with E-state index in [9.17, 15) is 4.79 Å². The first kappa shape index (κ1) is 17.8. The molecule has 0 aromatic heterocycles. The zero-order valence-corrected chi connectivity index (χ0v) is 14.1. The lowest BCUT2D eigenvalue weighted by atomic mass is 9.87. The second-order valence-corrected chi connectivity index (χ2v) is 6.21. The first-order chi connectivity index (χ1) is 9.74. The Hall–Kier alpha value is -1.26. The van der Waals surface area contributed by atoms with Gasteiger partial charge in [-0.25, -0.2) is 4.79 Å². The summed E-state index contributed by atoms with van der Waals surface area (Å²) in [5.41, 5.74) is -0.711. The molecule has 0 amide bonds. The Morgan fingerprint density at radius 1 is 1.29 bits per heavy atom. The van der Waals surface area contributed by atoms with Gasteiger partial charge >= 0.3 is 5.97 Å². The van der Waals surface area contributed by atoms with Crippen LogP contribution in [-0.2, 0) is 14.3 Å². The van der Waals surface area contributed by atoms with Crippen molar-refractivity contribution in [1.29, 1.82) is 0 Å². The van der Waals surface area contributed by atoms with E-state index in [1.54, 1.807) is 27.0 Å². The van der Waals surface area contributed by atoms with E-state index in [4.69, 9.17) is 21.1 Å². The zero-order chi connectivity index (χ0) is 16.1. The third-order valence-electron chi connectivity index (χ3n) is 3.34. The number of hydrogen-bond donors (Lipinski definition) is 1. The van der Waals surface area contributed by atoms with Crippen LogP contribution in [0.15, 0.2) is 24.3 Å². The number of ether oxygens (including phenoxy) is 2. The van der Waals surface area contributed by atoms with Crippen molar-refractivity contribution >= 4 is 23.3 Å². The lowest BCUT2D eigenvalue weighted by Gasteiger charge is -2.36. The van der Waals surface area contributed by atoms with Crippen LogP contribution in [0.5, 0.6) is 0 Å². The van der Waals surface area contributed by atoms with E-state index in [1.807, 2.05) is 32.0 Å². The molecular formula is C16H24ClNO3. The number of nitrogens with one attached hydrogen (secondary N) is 1. The monoisotopic (exact) mass is 313 g/mol. The summed E-state index contributed by atoms with van der Waals surface area (Å²) in [4.78, 5) is 12.4. The van der Waals surface area contributed by atoms with Crippen molar-refractivity contribution in [3.8, 4) is 0 Å². The average Bonchev–Trinajstić information content (AvgIpc) is 2.41. The van der Waals surface area contributed by atoms with Crippen molar-refractivity contribution in [3.63, 3.8) is 0 Å². The summed E-state index contributed by atoms with van der Waals surface area (Å²) < 4.78 is 10.7. The Balaban J connectivity index is 3.07. The van der Waals surface area contributed by atoms with Crippen LogP contribution in [-0.4, -0.2) is 30.8 Å². The van der Waals surface area contributed by atoms with E-state index < -0.39 is 11.1 Å². The van der Waals surface area contributed by atoms with Gasteiger partial charge in [-0.3, -0.25) is 0 Å². The highest BCUT2D eigenvalue weighted by molar-refractivity contribution is 6.33. The van der Waals surface area contributed by atoms with E-state index >= 15 is 0 Å². The van der Waals surface area contributed by atoms with Crippen LogP contribution in [0.25, 0.3) is 0 Å². The molecule has 21 heavy (non-hydrogen) atoms. The molecule has 1 rings (SSSR count). The average molecular weight is 314 g/mol. The molecule has 0 saturated heterocycles. The minimum absolute atomic E-state index is 0.324. The Morgan fingerprint density at radius 3 is 2.43 bits per heavy atom. The fourth-order valence-electron chi connectivity index (χ4n) is 2.24. The third kappa shape index (κ3) is 4.90. The maximum Gasteiger partial charge on any atom is 0.331 e. The fourth-order valence-corrected chi connectivity index (χ4v) is 2.42. The molecule has 0 fully saturated rings. The summed E-state index contributed by atoms with van der Waals surface area (Å²) in [7, 11) is 1.63. The summed E-state index contributed by atoms with van der Waals surface area (Å²) in [6.07, 6.45) is 0.445. The van der Waals surface area contributed by atoms with E-state index in [2.05, 4.69) is 5.32 Å². The predicted octanol–water partition coefficient (Wildman–Crippen LogP) is 3.89. The second-order valence-electron chi connectivity index (χ2n) is 5.80. The molecule has 118 valence electrons. The van der Waals surface area contributed by atoms with Crippen molar-refractivity contribution in [1.82, 2.24) is 0 Å². The molecule has 1 aromatic carbocycles. The Labute approximate surface area is 131 Å². The highest BCUT2D eigenvalue weighted by atomic mass is 35.5. The molecule has 0 bridgehead atoms. The second kappa shape index (κ2) is 7.14. The van der Waals surface area contributed by atoms with Gasteiger partial charge in [0.2, 0.25) is 0 Å². The Bertz CT molecular complexity index is 490. The van der Waals surface area contributed by atoms with Crippen LogP contribution in [0, 0.1) is 0 Å². The van der Waals surface area contributed by atoms with Gasteiger partial charge < -0.3 is 14.8 Å². The molecule has 0 spiro atoms. The lowest BCUT2D eigenvalue weighted by molar-refractivity contribution is -0.150. The van der Waals surface area contributed by atoms with E-state index in [1.165, 1.54) is 0 Å². The number of hydrogen-bond acceptors (Lipinski definition) is 4. The van der Waals surface area contributed by atoms with Crippen LogP contribution >= 0.6 is 11.6 Å². The Morgan fingerprint density at radius 2 is 1.90 bits per heavy atom. The maximum absolute atomic E-state index is 12.4. The van der Waals surface area contributed by atoms with Crippen molar-refractivity contribution in [2.45, 2.75) is 45.3 Å². The van der Waals surface area contributed by atoms with Gasteiger partial charge in [0.25, 0.3) is 0 Å². The van der Waals surface area contributed by atoms with Gasteiger partial charge in [-0.2, -0.15) is 0 Å². The molecule has 0 radical (unpaired) electrons. The smallest absolute Gasteiger partial charge is 0.331 e. The fraction of sp³-hybridized carbons (Fsp3) is 0.562. The lowest BCUT2D eigenvalue weighted by Crippen LogP contribution is -2.50. The first-order valence-corrected chi connectivity index (χ1v) is 7.37. The van der Waals surface area contributed by atoms with E-state index in [-0.39, 0.29) is 5.97 Å². The number of benzene rings is 1. The van der Waals surface area contributed by atoms with Gasteiger partial charge in [-0.05, 0) is 39.8 Å². The van der Waals surface area contributed by atoms with Gasteiger partial charge in [0, 0.05) is 13.5 Å². The largest absolute Gasteiger partial charge is 0.464 e. The van der Waals surface area contributed by atoms with E-state index in [0.29, 0.717) is 23.7 Å². The van der Waals surface area contributed by atoms with Crippen molar-refractivity contribution in [3.05, 3.63) is 29.3 Å². The standard InChI is InChI=1S/C16H24ClNO3/c1-6-21-14(19)16(4,11-15(2,3)20-5)18-13-10-8-7-9-12(13)17/h7-10,18H,6,11H2,1-5H3. The Kier molecular flexibility index (Phi) is 6.05. The molecule has 0 saturated carbocycles. The number of carbonyl (C=O) groups is 1. The van der Waals surface area contributed by atoms with Crippen LogP contribution in [0.2, 0.25) is 5.02 Å². The van der Waals surface area contributed by atoms with Crippen molar-refractivity contribution < 1.29 is 14.3 Å². The van der Waals surface area contributed by atoms with E-state index in [0.717, 1.165) is 0 Å². The SMILES string of the molecule is CCOC(=O)C(C)(CC(C)(C)OC)Nc1ccccc1Cl. The highest BCUT2D eigenvalue weighted by Gasteiger charge is 2.40. The molecule has 4 nitrogen and oxygen atoms in total. The summed E-state index contributed by atoms with van der Waals surface area (Å²) in [5.74, 6) is -0.324. The number of halogens is 1. The molecule has 0 aliphatic carbocycles. The highest BCUT2D eigenvalue weighted by Crippen LogP contribution is 2.31. The molecule has 1 atom stereocenters. The molecule has 0 aliphatic heterocycles. The molecule has 0 aliphatic rings. The van der Waals surface area contributed by atoms with Crippen LogP contribution in [0.4, 0.5) is 5.69 Å². The van der Waals surface area contributed by atoms with Gasteiger partial charge in [-0.15, -0.1) is 0 Å². The first-order valence-electron chi connectivity index (χ1n) is 6.99. The quantitative estimate of drug-likeness (QED) is 0.776. The number of methoxy groups -OCH3 is 1. The summed E-state index contributed by atoms with van der Waals surface area (Å²) in [6, 6.07) is 7.31. The number of rotatable bonds is 7. The van der Waals surface area contributed by atoms with Gasteiger partial charge in [0.05, 0.1) is 22.9 Å². The minimum atomic E-state index is -0.930. The molecule has 5 heteroatoms. The molecular weight excluding hydrogens is 290 g/mol. The van der Waals surface area contributed by atoms with Gasteiger partial charge in [0.15, 0.2) is 0 Å². The third-order valence-corrected chi connectivity index (χ3v) is 3.67. The normalized spacial score (nSPS) is 14.4. The van der Waals surface area contributed by atoms with Crippen LogP contribution in [0.1, 0.15) is 34.1 Å². The van der Waals surface area contributed by atoms with Crippen LogP contribution < -0.4 is 5.32 Å². The van der Waals surface area contributed by atoms with Gasteiger partial charge in [0.1, 0.15) is 5.54 Å². The number of para-hydroxylation sites is 1. The maximum atomic E-state index is 12.4.